The Morgan fingerprint density at radius 2 is 1.86 bits per heavy atom. The molecule has 0 aliphatic carbocycles. The van der Waals surface area contributed by atoms with Crippen molar-refractivity contribution < 1.29 is 14.3 Å². The summed E-state index contributed by atoms with van der Waals surface area (Å²) in [6, 6.07) is 1.61. The van der Waals surface area contributed by atoms with Gasteiger partial charge < -0.3 is 30.9 Å². The van der Waals surface area contributed by atoms with Crippen LogP contribution in [-0.4, -0.2) is 85.6 Å². The number of allylic oxidation sites excluding steroid dienone is 1. The Morgan fingerprint density at radius 1 is 1.17 bits per heavy atom. The summed E-state index contributed by atoms with van der Waals surface area (Å²) in [7, 11) is 1.46. The first kappa shape index (κ1) is 26.7. The van der Waals surface area contributed by atoms with E-state index in [9.17, 15) is 9.59 Å². The molecule has 3 aliphatic rings. The lowest BCUT2D eigenvalue weighted by atomic mass is 9.94. The predicted molar refractivity (Wildman–Crippen MR) is 141 cm³/mol. The normalized spacial score (nSPS) is 21.1. The number of amides is 2. The van der Waals surface area contributed by atoms with E-state index in [0.29, 0.717) is 17.4 Å². The molecule has 0 atom stereocenters. The summed E-state index contributed by atoms with van der Waals surface area (Å²) in [6.45, 7) is 6.71. The number of likely N-dealkylation sites (tertiary alicyclic amines) is 2. The van der Waals surface area contributed by atoms with Crippen LogP contribution in [-0.2, 0) is 4.79 Å². The Balaban J connectivity index is 1.17. The van der Waals surface area contributed by atoms with Gasteiger partial charge in [-0.2, -0.15) is 4.98 Å². The first-order valence-electron chi connectivity index (χ1n) is 13.1. The summed E-state index contributed by atoms with van der Waals surface area (Å²) in [6.07, 6.45) is 10.0. The molecule has 36 heavy (non-hydrogen) atoms. The average molecular weight is 519 g/mol. The number of hydrogen-bond donors (Lipinski definition) is 3. The van der Waals surface area contributed by atoms with Crippen LogP contribution in [0, 0.1) is 11.8 Å². The smallest absolute Gasteiger partial charge is 0.257 e. The molecule has 10 heteroatoms. The van der Waals surface area contributed by atoms with Crippen molar-refractivity contribution in [2.24, 2.45) is 11.8 Å². The molecular weight excluding hydrogens is 480 g/mol. The third-order valence-electron chi connectivity index (χ3n) is 7.67. The van der Waals surface area contributed by atoms with Gasteiger partial charge in [-0.3, -0.25) is 9.59 Å². The van der Waals surface area contributed by atoms with Gasteiger partial charge in [-0.1, -0.05) is 17.7 Å². The van der Waals surface area contributed by atoms with Gasteiger partial charge in [0.1, 0.15) is 11.4 Å². The predicted octanol–water partition coefficient (Wildman–Crippen LogP) is 2.31. The molecule has 2 amide bonds. The van der Waals surface area contributed by atoms with Crippen molar-refractivity contribution in [3.8, 4) is 5.88 Å². The quantitative estimate of drug-likeness (QED) is 0.475. The lowest BCUT2D eigenvalue weighted by molar-refractivity contribution is -0.127. The van der Waals surface area contributed by atoms with Gasteiger partial charge in [0.25, 0.3) is 5.91 Å². The molecular formula is C26H39ClN6O3. The zero-order valence-electron chi connectivity index (χ0n) is 21.2. The van der Waals surface area contributed by atoms with E-state index in [0.717, 1.165) is 84.3 Å². The number of piperidine rings is 3. The number of nitrogens with zero attached hydrogens (tertiary/aromatic N) is 3. The van der Waals surface area contributed by atoms with E-state index in [-0.39, 0.29) is 34.6 Å². The minimum atomic E-state index is -0.244. The largest absolute Gasteiger partial charge is 0.480 e. The van der Waals surface area contributed by atoms with E-state index in [2.05, 4.69) is 26.6 Å². The van der Waals surface area contributed by atoms with Crippen molar-refractivity contribution in [1.82, 2.24) is 25.4 Å². The van der Waals surface area contributed by atoms with Gasteiger partial charge in [-0.15, -0.1) is 0 Å². The highest BCUT2D eigenvalue weighted by Gasteiger charge is 2.27. The topological polar surface area (TPSA) is 113 Å². The highest BCUT2D eigenvalue weighted by molar-refractivity contribution is 6.33. The van der Waals surface area contributed by atoms with Crippen LogP contribution in [0.5, 0.6) is 5.88 Å². The number of methoxy groups -OCH3 is 1. The number of carbonyl (C=O) groups excluding carboxylic acids is 2. The van der Waals surface area contributed by atoms with Gasteiger partial charge in [0.05, 0.1) is 12.1 Å². The molecule has 0 saturated carbocycles. The number of carbonyl (C=O) groups is 2. The number of halogens is 1. The van der Waals surface area contributed by atoms with E-state index in [4.69, 9.17) is 22.1 Å². The number of ether oxygens (including phenoxy) is 1. The standard InChI is InChI=1S/C26H39ClN6O3/c1-36-26-21(16-22(27)24(28)31-26)25(35)30-20-8-12-32(13-9-20)17-19-6-14-33(15-7-19)23(34)3-2-18-4-10-29-11-5-18/h2-3,16,18-20,29H,4-15,17H2,1H3,(H2,28,31)(H,30,35)/b3-2+. The number of nitrogens with two attached hydrogens (primary N) is 1. The van der Waals surface area contributed by atoms with Crippen LogP contribution < -0.4 is 21.1 Å². The first-order valence-corrected chi connectivity index (χ1v) is 13.5. The van der Waals surface area contributed by atoms with Crippen LogP contribution in [0.3, 0.4) is 0 Å². The number of hydrogen-bond acceptors (Lipinski definition) is 7. The maximum atomic E-state index is 12.8. The van der Waals surface area contributed by atoms with Crippen LogP contribution in [0.1, 0.15) is 48.9 Å². The Bertz CT molecular complexity index is 936. The molecule has 0 spiro atoms. The van der Waals surface area contributed by atoms with Crippen LogP contribution in [0.2, 0.25) is 5.02 Å². The maximum absolute atomic E-state index is 12.8. The summed E-state index contributed by atoms with van der Waals surface area (Å²) in [5.41, 5.74) is 6.02. The van der Waals surface area contributed by atoms with E-state index in [1.165, 1.54) is 13.2 Å². The van der Waals surface area contributed by atoms with E-state index in [1.54, 1.807) is 6.08 Å². The lowest BCUT2D eigenvalue weighted by Crippen LogP contribution is -2.47. The molecule has 0 radical (unpaired) electrons. The third-order valence-corrected chi connectivity index (χ3v) is 7.97. The first-order chi connectivity index (χ1) is 17.4. The second kappa shape index (κ2) is 12.7. The Labute approximate surface area is 218 Å². The highest BCUT2D eigenvalue weighted by atomic mass is 35.5. The second-order valence-electron chi connectivity index (χ2n) is 10.2. The molecule has 0 aromatic carbocycles. The highest BCUT2D eigenvalue weighted by Crippen LogP contribution is 2.26. The summed E-state index contributed by atoms with van der Waals surface area (Å²) < 4.78 is 5.21. The molecule has 3 saturated heterocycles. The number of pyridine rings is 1. The van der Waals surface area contributed by atoms with E-state index in [1.807, 2.05) is 4.90 Å². The molecule has 4 N–H and O–H groups in total. The monoisotopic (exact) mass is 518 g/mol. The molecule has 198 valence electrons. The van der Waals surface area contributed by atoms with Gasteiger partial charge >= 0.3 is 0 Å². The molecule has 0 bridgehead atoms. The SMILES string of the molecule is COc1nc(N)c(Cl)cc1C(=O)NC1CCN(CC2CCN(C(=O)/C=C/C3CCNCC3)CC2)CC1. The van der Waals surface area contributed by atoms with Gasteiger partial charge in [-0.05, 0) is 75.6 Å². The number of aromatic nitrogens is 1. The molecule has 9 nitrogen and oxygen atoms in total. The summed E-state index contributed by atoms with van der Waals surface area (Å²) in [5, 5.41) is 6.69. The molecule has 0 unspecified atom stereocenters. The molecule has 4 heterocycles. The zero-order valence-corrected chi connectivity index (χ0v) is 21.9. The Kier molecular flexibility index (Phi) is 9.45. The summed E-state index contributed by atoms with van der Waals surface area (Å²) in [5.74, 6) is 1.38. The van der Waals surface area contributed by atoms with Crippen molar-refractivity contribution in [1.29, 1.82) is 0 Å². The van der Waals surface area contributed by atoms with Gasteiger partial charge in [0.2, 0.25) is 11.8 Å². The van der Waals surface area contributed by atoms with Crippen molar-refractivity contribution in [2.45, 2.75) is 44.6 Å². The fraction of sp³-hybridized carbons (Fsp3) is 0.654. The van der Waals surface area contributed by atoms with Crippen LogP contribution in [0.4, 0.5) is 5.82 Å². The van der Waals surface area contributed by atoms with Crippen molar-refractivity contribution in [3.63, 3.8) is 0 Å². The molecule has 3 fully saturated rings. The molecule has 4 rings (SSSR count). The number of anilines is 1. The average Bonchev–Trinajstić information content (AvgIpc) is 2.90. The van der Waals surface area contributed by atoms with Crippen molar-refractivity contribution in [2.75, 3.05) is 58.7 Å². The van der Waals surface area contributed by atoms with Crippen LogP contribution >= 0.6 is 11.6 Å². The Morgan fingerprint density at radius 3 is 2.53 bits per heavy atom. The second-order valence-corrected chi connectivity index (χ2v) is 10.6. The molecule has 1 aromatic rings. The molecule has 3 aliphatic heterocycles. The zero-order chi connectivity index (χ0) is 25.5. The van der Waals surface area contributed by atoms with E-state index < -0.39 is 0 Å². The van der Waals surface area contributed by atoms with E-state index >= 15 is 0 Å². The Hall–Kier alpha value is -2.36. The lowest BCUT2D eigenvalue weighted by Gasteiger charge is -2.37. The third kappa shape index (κ3) is 7.11. The van der Waals surface area contributed by atoms with Gasteiger partial charge in [0.15, 0.2) is 0 Å². The number of rotatable bonds is 7. The maximum Gasteiger partial charge on any atom is 0.257 e. The number of nitrogens with one attached hydrogen (secondary N) is 2. The van der Waals surface area contributed by atoms with Crippen LogP contribution in [0.15, 0.2) is 18.2 Å². The van der Waals surface area contributed by atoms with Gasteiger partial charge in [-0.25, -0.2) is 0 Å². The van der Waals surface area contributed by atoms with Gasteiger partial charge in [0, 0.05) is 38.8 Å². The van der Waals surface area contributed by atoms with Crippen molar-refractivity contribution in [3.05, 3.63) is 28.8 Å². The minimum absolute atomic E-state index is 0.0981. The van der Waals surface area contributed by atoms with Crippen LogP contribution in [0.25, 0.3) is 0 Å². The van der Waals surface area contributed by atoms with Crippen molar-refractivity contribution >= 4 is 29.2 Å². The summed E-state index contributed by atoms with van der Waals surface area (Å²) >= 11 is 6.06. The molecule has 1 aromatic heterocycles. The number of nitrogen functional groups attached to an aromatic ring is 1. The minimum Gasteiger partial charge on any atom is -0.480 e. The fourth-order valence-corrected chi connectivity index (χ4v) is 5.54. The summed E-state index contributed by atoms with van der Waals surface area (Å²) in [4.78, 5) is 33.9. The fourth-order valence-electron chi connectivity index (χ4n) is 5.39.